The highest BCUT2D eigenvalue weighted by Crippen LogP contribution is 2.36. The van der Waals surface area contributed by atoms with E-state index in [0.29, 0.717) is 0 Å². The Balaban J connectivity index is 3.38. The van der Waals surface area contributed by atoms with Gasteiger partial charge in [0, 0.05) is 6.54 Å². The van der Waals surface area contributed by atoms with Crippen molar-refractivity contribution >= 4 is 5.97 Å². The maximum atomic E-state index is 13.1. The molecule has 0 amide bonds. The lowest BCUT2D eigenvalue weighted by Gasteiger charge is -2.17. The van der Waals surface area contributed by atoms with Gasteiger partial charge in [-0.2, -0.15) is 18.4 Å². The predicted molar refractivity (Wildman–Crippen MR) is 64.4 cm³/mol. The molecule has 0 heterocycles. The maximum absolute atomic E-state index is 13.1. The molecule has 0 bridgehead atoms. The number of hydrogen-bond acceptors (Lipinski definition) is 4. The van der Waals surface area contributed by atoms with Gasteiger partial charge >= 0.3 is 12.1 Å². The standard InChI is InChI=1S/C13H13F3N2O2/c1-2-20-11(19)5-8-3-4-9(6-17)10(7-18)12(8)13(14,15)16/h3-4H,2,5,7,18H2,1H3. The Morgan fingerprint density at radius 2 is 2.10 bits per heavy atom. The topological polar surface area (TPSA) is 76.1 Å². The number of nitrogens with zero attached hydrogens (tertiary/aromatic N) is 1. The molecule has 0 spiro atoms. The van der Waals surface area contributed by atoms with Crippen molar-refractivity contribution in [2.45, 2.75) is 26.1 Å². The van der Waals surface area contributed by atoms with E-state index in [4.69, 9.17) is 11.0 Å². The molecule has 1 aromatic carbocycles. The largest absolute Gasteiger partial charge is 0.466 e. The Morgan fingerprint density at radius 1 is 1.45 bits per heavy atom. The van der Waals surface area contributed by atoms with Gasteiger partial charge in [-0.1, -0.05) is 6.07 Å². The summed E-state index contributed by atoms with van der Waals surface area (Å²) in [5.41, 5.74) is 3.60. The summed E-state index contributed by atoms with van der Waals surface area (Å²) in [5, 5.41) is 8.83. The fourth-order valence-corrected chi connectivity index (χ4v) is 1.88. The highest BCUT2D eigenvalue weighted by Gasteiger charge is 2.37. The summed E-state index contributed by atoms with van der Waals surface area (Å²) in [6, 6.07) is 4.01. The molecule has 0 atom stereocenters. The third-order valence-electron chi connectivity index (χ3n) is 2.65. The van der Waals surface area contributed by atoms with E-state index in [2.05, 4.69) is 4.74 Å². The van der Waals surface area contributed by atoms with Crippen LogP contribution in [0.15, 0.2) is 12.1 Å². The molecule has 4 nitrogen and oxygen atoms in total. The van der Waals surface area contributed by atoms with Crippen molar-refractivity contribution in [1.82, 2.24) is 0 Å². The fraction of sp³-hybridized carbons (Fsp3) is 0.385. The Labute approximate surface area is 113 Å². The predicted octanol–water partition coefficient (Wildman–Crippen LogP) is 2.14. The van der Waals surface area contributed by atoms with E-state index < -0.39 is 30.7 Å². The van der Waals surface area contributed by atoms with Gasteiger partial charge in [-0.15, -0.1) is 0 Å². The highest BCUT2D eigenvalue weighted by atomic mass is 19.4. The average molecular weight is 286 g/mol. The molecular formula is C13H13F3N2O2. The van der Waals surface area contributed by atoms with Crippen LogP contribution in [0.1, 0.15) is 29.2 Å². The van der Waals surface area contributed by atoms with Crippen LogP contribution in [0.4, 0.5) is 13.2 Å². The second kappa shape index (κ2) is 6.39. The van der Waals surface area contributed by atoms with E-state index in [-0.39, 0.29) is 23.3 Å². The maximum Gasteiger partial charge on any atom is 0.417 e. The van der Waals surface area contributed by atoms with Gasteiger partial charge in [0.05, 0.1) is 30.2 Å². The van der Waals surface area contributed by atoms with Crippen LogP contribution in [0.25, 0.3) is 0 Å². The number of nitriles is 1. The van der Waals surface area contributed by atoms with Gasteiger partial charge in [-0.3, -0.25) is 4.79 Å². The lowest BCUT2D eigenvalue weighted by molar-refractivity contribution is -0.143. The van der Waals surface area contributed by atoms with Crippen LogP contribution in [0.3, 0.4) is 0 Å². The SMILES string of the molecule is CCOC(=O)Cc1ccc(C#N)c(CN)c1C(F)(F)F. The van der Waals surface area contributed by atoms with Crippen molar-refractivity contribution in [2.24, 2.45) is 5.73 Å². The summed E-state index contributed by atoms with van der Waals surface area (Å²) in [5.74, 6) is -0.759. The van der Waals surface area contributed by atoms with Crippen LogP contribution in [0.2, 0.25) is 0 Å². The molecule has 0 unspecified atom stereocenters. The molecule has 0 aliphatic heterocycles. The van der Waals surface area contributed by atoms with Crippen LogP contribution in [-0.4, -0.2) is 12.6 Å². The van der Waals surface area contributed by atoms with Crippen molar-refractivity contribution < 1.29 is 22.7 Å². The number of alkyl halides is 3. The molecular weight excluding hydrogens is 273 g/mol. The first-order valence-corrected chi connectivity index (χ1v) is 5.82. The summed E-state index contributed by atoms with van der Waals surface area (Å²) in [6.07, 6.45) is -5.20. The van der Waals surface area contributed by atoms with Crippen molar-refractivity contribution in [1.29, 1.82) is 5.26 Å². The molecule has 0 saturated heterocycles. The van der Waals surface area contributed by atoms with Crippen molar-refractivity contribution in [3.05, 3.63) is 34.4 Å². The van der Waals surface area contributed by atoms with Crippen molar-refractivity contribution in [2.75, 3.05) is 6.61 Å². The lowest BCUT2D eigenvalue weighted by Crippen LogP contribution is -2.19. The molecule has 2 N–H and O–H groups in total. The van der Waals surface area contributed by atoms with Crippen LogP contribution >= 0.6 is 0 Å². The minimum Gasteiger partial charge on any atom is -0.466 e. The summed E-state index contributed by atoms with van der Waals surface area (Å²) in [7, 11) is 0. The van der Waals surface area contributed by atoms with Gasteiger partial charge in [-0.05, 0) is 24.1 Å². The number of carbonyl (C=O) groups excluding carboxylic acids is 1. The first kappa shape index (κ1) is 16.0. The number of esters is 1. The number of nitrogens with two attached hydrogens (primary N) is 1. The van der Waals surface area contributed by atoms with Crippen LogP contribution in [-0.2, 0) is 28.7 Å². The zero-order valence-electron chi connectivity index (χ0n) is 10.8. The molecule has 108 valence electrons. The van der Waals surface area contributed by atoms with Gasteiger partial charge in [0.25, 0.3) is 0 Å². The molecule has 1 rings (SSSR count). The average Bonchev–Trinajstić information content (AvgIpc) is 2.36. The fourth-order valence-electron chi connectivity index (χ4n) is 1.88. The number of rotatable bonds is 4. The molecule has 20 heavy (non-hydrogen) atoms. The van der Waals surface area contributed by atoms with Crippen LogP contribution in [0.5, 0.6) is 0 Å². The third kappa shape index (κ3) is 3.48. The van der Waals surface area contributed by atoms with Gasteiger partial charge in [0.15, 0.2) is 0 Å². The molecule has 1 aromatic rings. The minimum atomic E-state index is -4.69. The van der Waals surface area contributed by atoms with E-state index >= 15 is 0 Å². The van der Waals surface area contributed by atoms with Crippen molar-refractivity contribution in [3.8, 4) is 6.07 Å². The second-order valence-electron chi connectivity index (χ2n) is 3.92. The van der Waals surface area contributed by atoms with E-state index in [1.54, 1.807) is 13.0 Å². The number of halogens is 3. The lowest BCUT2D eigenvalue weighted by atomic mass is 9.94. The Hall–Kier alpha value is -2.07. The third-order valence-corrected chi connectivity index (χ3v) is 2.65. The highest BCUT2D eigenvalue weighted by molar-refractivity contribution is 5.73. The molecule has 0 saturated carbocycles. The van der Waals surface area contributed by atoms with Crippen LogP contribution < -0.4 is 5.73 Å². The molecule has 0 fully saturated rings. The number of hydrogen-bond donors (Lipinski definition) is 1. The van der Waals surface area contributed by atoms with E-state index in [1.807, 2.05) is 0 Å². The van der Waals surface area contributed by atoms with E-state index in [1.165, 1.54) is 6.07 Å². The quantitative estimate of drug-likeness (QED) is 0.860. The van der Waals surface area contributed by atoms with Gasteiger partial charge in [0.2, 0.25) is 0 Å². The zero-order valence-corrected chi connectivity index (χ0v) is 10.8. The number of ether oxygens (including phenoxy) is 1. The van der Waals surface area contributed by atoms with Gasteiger partial charge < -0.3 is 10.5 Å². The zero-order chi connectivity index (χ0) is 15.3. The van der Waals surface area contributed by atoms with Crippen molar-refractivity contribution in [3.63, 3.8) is 0 Å². The normalized spacial score (nSPS) is 11.0. The smallest absolute Gasteiger partial charge is 0.417 e. The Morgan fingerprint density at radius 3 is 2.55 bits per heavy atom. The monoisotopic (exact) mass is 286 g/mol. The Bertz CT molecular complexity index is 548. The first-order chi connectivity index (χ1) is 9.35. The Kier molecular flexibility index (Phi) is 5.11. The molecule has 0 aromatic heterocycles. The summed E-state index contributed by atoms with van der Waals surface area (Å²) in [6.45, 7) is 1.21. The number of carbonyl (C=O) groups is 1. The van der Waals surface area contributed by atoms with E-state index in [0.717, 1.165) is 6.07 Å². The number of benzene rings is 1. The molecule has 0 aliphatic rings. The summed E-state index contributed by atoms with van der Waals surface area (Å²) < 4.78 is 44.0. The molecule has 0 aliphatic carbocycles. The minimum absolute atomic E-state index is 0.0835. The second-order valence-corrected chi connectivity index (χ2v) is 3.92. The summed E-state index contributed by atoms with van der Waals surface area (Å²) in [4.78, 5) is 11.4. The van der Waals surface area contributed by atoms with Gasteiger partial charge in [-0.25, -0.2) is 0 Å². The van der Waals surface area contributed by atoms with Gasteiger partial charge in [0.1, 0.15) is 0 Å². The molecule has 7 heteroatoms. The molecule has 0 radical (unpaired) electrons. The first-order valence-electron chi connectivity index (χ1n) is 5.82. The van der Waals surface area contributed by atoms with E-state index in [9.17, 15) is 18.0 Å². The van der Waals surface area contributed by atoms with Crippen LogP contribution in [0, 0.1) is 11.3 Å². The summed E-state index contributed by atoms with van der Waals surface area (Å²) >= 11 is 0.